The van der Waals surface area contributed by atoms with E-state index in [-0.39, 0.29) is 31.1 Å². The van der Waals surface area contributed by atoms with Crippen LogP contribution in [0.3, 0.4) is 0 Å². The average Bonchev–Trinajstić information content (AvgIpc) is 3.06. The number of aryl methyl sites for hydroxylation is 3. The first-order chi connectivity index (χ1) is 16.5. The Morgan fingerprint density at radius 3 is 2.54 bits per heavy atom. The van der Waals surface area contributed by atoms with Crippen LogP contribution in [-0.2, 0) is 7.05 Å². The number of alkyl halides is 2. The molecule has 0 spiro atoms. The fourth-order valence-corrected chi connectivity index (χ4v) is 4.71. The zero-order valence-corrected chi connectivity index (χ0v) is 20.1. The summed E-state index contributed by atoms with van der Waals surface area (Å²) in [5.41, 5.74) is 9.41. The number of nitrogen functional groups attached to an aromatic ring is 1. The Hall–Kier alpha value is -3.77. The van der Waals surface area contributed by atoms with Crippen molar-refractivity contribution >= 4 is 40.3 Å². The van der Waals surface area contributed by atoms with E-state index in [0.29, 0.717) is 42.7 Å². The summed E-state index contributed by atoms with van der Waals surface area (Å²) >= 11 is 0. The molecular formula is C22H28F2N10O. The largest absolute Gasteiger partial charge is 0.368 e. The van der Waals surface area contributed by atoms with Crippen LogP contribution in [-0.4, -0.2) is 80.4 Å². The summed E-state index contributed by atoms with van der Waals surface area (Å²) in [6.45, 7) is 6.49. The highest BCUT2D eigenvalue weighted by molar-refractivity contribution is 5.91. The summed E-state index contributed by atoms with van der Waals surface area (Å²) in [5.74, 6) is -1.30. The molecule has 3 aromatic heterocycles. The van der Waals surface area contributed by atoms with Crippen molar-refractivity contribution in [2.75, 3.05) is 53.6 Å². The molecule has 2 saturated heterocycles. The Labute approximate surface area is 200 Å². The Morgan fingerprint density at radius 1 is 1.14 bits per heavy atom. The van der Waals surface area contributed by atoms with E-state index in [0.717, 1.165) is 16.7 Å². The van der Waals surface area contributed by atoms with Gasteiger partial charge in [0.2, 0.25) is 5.95 Å². The van der Waals surface area contributed by atoms with Crippen LogP contribution in [0.15, 0.2) is 12.1 Å². The lowest BCUT2D eigenvalue weighted by Crippen LogP contribution is -2.56. The summed E-state index contributed by atoms with van der Waals surface area (Å²) in [6.07, 6.45) is 0. The molecular weight excluding hydrogens is 458 g/mol. The van der Waals surface area contributed by atoms with Gasteiger partial charge in [-0.15, -0.1) is 0 Å². The number of fused-ring (bicyclic) bond motifs is 1. The maximum Gasteiger partial charge on any atom is 0.322 e. The highest BCUT2D eigenvalue weighted by Gasteiger charge is 2.44. The molecule has 11 nitrogen and oxygen atoms in total. The molecule has 0 radical (unpaired) electrons. The smallest absolute Gasteiger partial charge is 0.322 e. The van der Waals surface area contributed by atoms with E-state index in [2.05, 4.69) is 30.3 Å². The van der Waals surface area contributed by atoms with Gasteiger partial charge in [0.15, 0.2) is 5.82 Å². The molecule has 3 N–H and O–H groups in total. The summed E-state index contributed by atoms with van der Waals surface area (Å²) in [5, 5.41) is 7.36. The number of hydrogen-bond donors (Lipinski definition) is 2. The zero-order chi connectivity index (χ0) is 25.1. The second-order valence-corrected chi connectivity index (χ2v) is 9.24. The lowest BCUT2D eigenvalue weighted by Gasteiger charge is -2.40. The minimum atomic E-state index is -2.67. The minimum Gasteiger partial charge on any atom is -0.368 e. The minimum absolute atomic E-state index is 0.0307. The zero-order valence-electron chi connectivity index (χ0n) is 20.1. The number of rotatable bonds is 3. The number of hydrogen-bond acceptors (Lipinski definition) is 8. The number of carbonyl (C=O) groups excluding carboxylic acids is 1. The van der Waals surface area contributed by atoms with Crippen LogP contribution >= 0.6 is 0 Å². The molecule has 186 valence electrons. The van der Waals surface area contributed by atoms with Gasteiger partial charge in [0, 0.05) is 32.7 Å². The van der Waals surface area contributed by atoms with Gasteiger partial charge in [-0.2, -0.15) is 10.1 Å². The molecule has 0 aromatic carbocycles. The first-order valence-electron chi connectivity index (χ1n) is 11.4. The maximum absolute atomic E-state index is 13.2. The fourth-order valence-electron chi connectivity index (χ4n) is 4.71. The third-order valence-corrected chi connectivity index (χ3v) is 6.52. The quantitative estimate of drug-likeness (QED) is 0.578. The van der Waals surface area contributed by atoms with Crippen molar-refractivity contribution in [2.45, 2.75) is 32.7 Å². The van der Waals surface area contributed by atoms with Gasteiger partial charge in [-0.25, -0.2) is 23.5 Å². The van der Waals surface area contributed by atoms with Gasteiger partial charge in [0.1, 0.15) is 16.9 Å². The van der Waals surface area contributed by atoms with Gasteiger partial charge in [0.25, 0.3) is 5.92 Å². The van der Waals surface area contributed by atoms with E-state index in [1.54, 1.807) is 28.6 Å². The molecule has 5 heterocycles. The van der Waals surface area contributed by atoms with E-state index in [1.165, 1.54) is 4.90 Å². The van der Waals surface area contributed by atoms with Gasteiger partial charge in [-0.1, -0.05) is 0 Å². The van der Waals surface area contributed by atoms with Gasteiger partial charge in [-0.05, 0) is 32.9 Å². The summed E-state index contributed by atoms with van der Waals surface area (Å²) in [7, 11) is 1.85. The lowest BCUT2D eigenvalue weighted by atomic mass is 10.1. The molecule has 0 unspecified atom stereocenters. The van der Waals surface area contributed by atoms with E-state index >= 15 is 0 Å². The molecule has 2 aliphatic heterocycles. The van der Waals surface area contributed by atoms with Crippen LogP contribution < -0.4 is 20.9 Å². The number of nitrogens with zero attached hydrogens (tertiary/aromatic N) is 8. The van der Waals surface area contributed by atoms with Crippen molar-refractivity contribution in [3.05, 3.63) is 23.5 Å². The van der Waals surface area contributed by atoms with Crippen molar-refractivity contribution in [3.8, 4) is 0 Å². The van der Waals surface area contributed by atoms with Crippen molar-refractivity contribution in [2.24, 2.45) is 7.05 Å². The van der Waals surface area contributed by atoms with E-state index in [1.807, 2.05) is 20.9 Å². The van der Waals surface area contributed by atoms with Crippen molar-refractivity contribution < 1.29 is 13.6 Å². The summed E-state index contributed by atoms with van der Waals surface area (Å²) < 4.78 is 28.1. The van der Waals surface area contributed by atoms with Gasteiger partial charge in [-0.3, -0.25) is 4.68 Å². The molecule has 2 fully saturated rings. The molecule has 35 heavy (non-hydrogen) atoms. The molecule has 3 aromatic rings. The summed E-state index contributed by atoms with van der Waals surface area (Å²) in [6, 6.07) is 3.08. The molecule has 0 bridgehead atoms. The second-order valence-electron chi connectivity index (χ2n) is 9.24. The third-order valence-electron chi connectivity index (χ3n) is 6.52. The highest BCUT2D eigenvalue weighted by Crippen LogP contribution is 2.32. The van der Waals surface area contributed by atoms with Crippen LogP contribution in [0.5, 0.6) is 0 Å². The predicted molar refractivity (Wildman–Crippen MR) is 129 cm³/mol. The number of pyridine rings is 1. The Morgan fingerprint density at radius 2 is 1.89 bits per heavy atom. The Balaban J connectivity index is 1.27. The molecule has 5 rings (SSSR count). The Bertz CT molecular complexity index is 1300. The fraction of sp³-hybridized carbons (Fsp3) is 0.500. The molecule has 2 aliphatic rings. The van der Waals surface area contributed by atoms with Crippen LogP contribution in [0, 0.1) is 13.8 Å². The van der Waals surface area contributed by atoms with Crippen LogP contribution in [0.25, 0.3) is 11.0 Å². The monoisotopic (exact) mass is 486 g/mol. The van der Waals surface area contributed by atoms with Crippen molar-refractivity contribution in [1.82, 2.24) is 29.6 Å². The highest BCUT2D eigenvalue weighted by atomic mass is 19.3. The molecule has 2 amide bonds. The Kier molecular flexibility index (Phi) is 5.37. The molecule has 0 aliphatic carbocycles. The first kappa shape index (κ1) is 23.0. The maximum atomic E-state index is 13.2. The standard InChI is InChI=1S/C22H28F2N10O/c1-12-9-32(7-8-34(12)19-18-17(28-20(25)29-19)14(3)30-31(18)4)21(35)27-15-5-6-16(26-13(15)2)33-10-22(23,24)11-33/h5-6,12H,7-11H2,1-4H3,(H,27,35)(H2,25,28,29)/t12-/m0/s1. The van der Waals surface area contributed by atoms with Gasteiger partial charge >= 0.3 is 6.03 Å². The van der Waals surface area contributed by atoms with Crippen LogP contribution in [0.2, 0.25) is 0 Å². The third kappa shape index (κ3) is 4.15. The SMILES string of the molecule is Cc1nc(N2CC(F)(F)C2)ccc1NC(=O)N1CCN(c2nc(N)nc3c(C)nn(C)c23)[C@@H](C)C1. The average molecular weight is 487 g/mol. The topological polar surface area (TPSA) is 121 Å². The molecule has 0 saturated carbocycles. The molecule has 1 atom stereocenters. The van der Waals surface area contributed by atoms with Crippen LogP contribution in [0.1, 0.15) is 18.3 Å². The van der Waals surface area contributed by atoms with Gasteiger partial charge in [0.05, 0.1) is 30.2 Å². The van der Waals surface area contributed by atoms with E-state index in [9.17, 15) is 13.6 Å². The number of aromatic nitrogens is 5. The van der Waals surface area contributed by atoms with E-state index in [4.69, 9.17) is 5.73 Å². The van der Waals surface area contributed by atoms with E-state index < -0.39 is 5.92 Å². The second kappa shape index (κ2) is 8.17. The van der Waals surface area contributed by atoms with Crippen molar-refractivity contribution in [1.29, 1.82) is 0 Å². The number of anilines is 4. The van der Waals surface area contributed by atoms with Gasteiger partial charge < -0.3 is 25.8 Å². The number of nitrogens with one attached hydrogen (secondary N) is 1. The van der Waals surface area contributed by atoms with Crippen LogP contribution in [0.4, 0.5) is 36.8 Å². The molecule has 13 heteroatoms. The number of amides is 2. The lowest BCUT2D eigenvalue weighted by molar-refractivity contribution is -0.0267. The number of piperazine rings is 1. The number of urea groups is 1. The number of nitrogens with two attached hydrogens (primary N) is 1. The number of halogens is 2. The summed E-state index contributed by atoms with van der Waals surface area (Å²) in [4.78, 5) is 31.6. The predicted octanol–water partition coefficient (Wildman–Crippen LogP) is 2.16. The normalized spacial score (nSPS) is 19.7. The number of carbonyl (C=O) groups is 1. The first-order valence-corrected chi connectivity index (χ1v) is 11.4. The van der Waals surface area contributed by atoms with Crippen molar-refractivity contribution in [3.63, 3.8) is 0 Å².